The van der Waals surface area contributed by atoms with Crippen LogP contribution >= 0.6 is 0 Å². The molecule has 4 rings (SSSR count). The molecule has 1 fully saturated rings. The molecule has 6 heteroatoms. The number of carbonyl (C=O) groups excluding carboxylic acids is 1. The van der Waals surface area contributed by atoms with Crippen molar-refractivity contribution in [2.24, 2.45) is 0 Å². The molecule has 128 valence electrons. The standard InChI is InChI=1S/C19H20N4O2/c1-25-18-6-2-5-15-14(18)10-16(22-15)19(24)23-9-3-4-13(12-23)17-11-20-7-8-21-17/h2,5-8,10-11,13,22H,3-4,9,12H2,1H3/t13-/m0/s1. The van der Waals surface area contributed by atoms with E-state index in [4.69, 9.17) is 4.74 Å². The minimum absolute atomic E-state index is 0.0202. The van der Waals surface area contributed by atoms with Crippen molar-refractivity contribution in [2.45, 2.75) is 18.8 Å². The second kappa shape index (κ2) is 6.55. The molecule has 0 aliphatic carbocycles. The lowest BCUT2D eigenvalue weighted by Crippen LogP contribution is -2.39. The number of amides is 1. The van der Waals surface area contributed by atoms with Crippen molar-refractivity contribution in [3.05, 3.63) is 54.2 Å². The summed E-state index contributed by atoms with van der Waals surface area (Å²) in [5.74, 6) is 1.03. The minimum Gasteiger partial charge on any atom is -0.496 e. The zero-order valence-electron chi connectivity index (χ0n) is 14.1. The molecule has 0 radical (unpaired) electrons. The molecular formula is C19H20N4O2. The lowest BCUT2D eigenvalue weighted by atomic mass is 9.95. The van der Waals surface area contributed by atoms with Crippen LogP contribution in [0, 0.1) is 0 Å². The second-order valence-electron chi connectivity index (χ2n) is 6.33. The number of nitrogens with one attached hydrogen (secondary N) is 1. The first-order valence-electron chi connectivity index (χ1n) is 8.47. The number of rotatable bonds is 3. The Morgan fingerprint density at radius 3 is 3.08 bits per heavy atom. The highest BCUT2D eigenvalue weighted by Crippen LogP contribution is 2.29. The van der Waals surface area contributed by atoms with E-state index in [0.717, 1.165) is 41.7 Å². The molecule has 1 N–H and O–H groups in total. The summed E-state index contributed by atoms with van der Waals surface area (Å²) in [4.78, 5) is 26.6. The fraction of sp³-hybridized carbons (Fsp3) is 0.316. The zero-order chi connectivity index (χ0) is 17.2. The smallest absolute Gasteiger partial charge is 0.270 e. The van der Waals surface area contributed by atoms with Crippen LogP contribution in [0.2, 0.25) is 0 Å². The molecule has 0 saturated carbocycles. The summed E-state index contributed by atoms with van der Waals surface area (Å²) in [5, 5.41) is 0.927. The van der Waals surface area contributed by atoms with Gasteiger partial charge in [-0.05, 0) is 31.0 Å². The van der Waals surface area contributed by atoms with Crippen LogP contribution < -0.4 is 4.74 Å². The number of aromatic amines is 1. The summed E-state index contributed by atoms with van der Waals surface area (Å²) < 4.78 is 5.38. The fourth-order valence-corrected chi connectivity index (χ4v) is 3.52. The number of fused-ring (bicyclic) bond motifs is 1. The molecule has 1 aliphatic heterocycles. The Morgan fingerprint density at radius 1 is 1.36 bits per heavy atom. The number of hydrogen-bond donors (Lipinski definition) is 1. The molecule has 0 spiro atoms. The van der Waals surface area contributed by atoms with E-state index < -0.39 is 0 Å². The molecule has 1 atom stereocenters. The lowest BCUT2D eigenvalue weighted by Gasteiger charge is -2.32. The number of carbonyl (C=O) groups is 1. The molecule has 1 aromatic carbocycles. The van der Waals surface area contributed by atoms with Gasteiger partial charge < -0.3 is 14.6 Å². The maximum atomic E-state index is 13.0. The predicted molar refractivity (Wildman–Crippen MR) is 94.8 cm³/mol. The molecule has 0 unspecified atom stereocenters. The number of benzene rings is 1. The second-order valence-corrected chi connectivity index (χ2v) is 6.33. The third-order valence-corrected chi connectivity index (χ3v) is 4.78. The number of nitrogens with zero attached hydrogens (tertiary/aromatic N) is 3. The molecule has 1 saturated heterocycles. The van der Waals surface area contributed by atoms with E-state index in [0.29, 0.717) is 12.2 Å². The number of aromatic nitrogens is 3. The normalized spacial score (nSPS) is 17.6. The molecule has 2 aromatic heterocycles. The van der Waals surface area contributed by atoms with Crippen LogP contribution in [-0.4, -0.2) is 46.0 Å². The average Bonchev–Trinajstić information content (AvgIpc) is 3.12. The van der Waals surface area contributed by atoms with Crippen molar-refractivity contribution in [2.75, 3.05) is 20.2 Å². The number of methoxy groups -OCH3 is 1. The van der Waals surface area contributed by atoms with Gasteiger partial charge >= 0.3 is 0 Å². The topological polar surface area (TPSA) is 71.1 Å². The SMILES string of the molecule is COc1cccc2[nH]c(C(=O)N3CCC[C@H](c4cnccn4)C3)cc12. The molecule has 3 heterocycles. The summed E-state index contributed by atoms with van der Waals surface area (Å²) in [6, 6.07) is 7.64. The van der Waals surface area contributed by atoms with Gasteiger partial charge in [-0.15, -0.1) is 0 Å². The highest BCUT2D eigenvalue weighted by atomic mass is 16.5. The van der Waals surface area contributed by atoms with Gasteiger partial charge in [-0.1, -0.05) is 6.07 Å². The van der Waals surface area contributed by atoms with Crippen molar-refractivity contribution in [3.8, 4) is 5.75 Å². The Kier molecular flexibility index (Phi) is 4.09. The number of hydrogen-bond acceptors (Lipinski definition) is 4. The van der Waals surface area contributed by atoms with Crippen molar-refractivity contribution >= 4 is 16.8 Å². The number of H-pyrrole nitrogens is 1. The van der Waals surface area contributed by atoms with Crippen LogP contribution in [0.5, 0.6) is 5.75 Å². The summed E-state index contributed by atoms with van der Waals surface area (Å²) >= 11 is 0. The third-order valence-electron chi connectivity index (χ3n) is 4.78. The Morgan fingerprint density at radius 2 is 2.28 bits per heavy atom. The number of likely N-dealkylation sites (tertiary alicyclic amines) is 1. The minimum atomic E-state index is 0.0202. The molecular weight excluding hydrogens is 316 g/mol. The van der Waals surface area contributed by atoms with Crippen molar-refractivity contribution in [3.63, 3.8) is 0 Å². The van der Waals surface area contributed by atoms with Crippen molar-refractivity contribution < 1.29 is 9.53 Å². The fourth-order valence-electron chi connectivity index (χ4n) is 3.52. The highest BCUT2D eigenvalue weighted by molar-refractivity contribution is 5.99. The highest BCUT2D eigenvalue weighted by Gasteiger charge is 2.27. The van der Waals surface area contributed by atoms with Gasteiger partial charge in [0.25, 0.3) is 5.91 Å². The van der Waals surface area contributed by atoms with E-state index >= 15 is 0 Å². The van der Waals surface area contributed by atoms with Crippen molar-refractivity contribution in [1.82, 2.24) is 19.9 Å². The van der Waals surface area contributed by atoms with E-state index in [9.17, 15) is 4.79 Å². The van der Waals surface area contributed by atoms with Crippen LogP contribution in [0.15, 0.2) is 42.9 Å². The molecule has 3 aromatic rings. The molecule has 25 heavy (non-hydrogen) atoms. The molecule has 1 aliphatic rings. The van der Waals surface area contributed by atoms with E-state index in [-0.39, 0.29) is 11.8 Å². The number of piperidine rings is 1. The van der Waals surface area contributed by atoms with E-state index in [1.54, 1.807) is 25.7 Å². The summed E-state index contributed by atoms with van der Waals surface area (Å²) in [6.45, 7) is 1.44. The molecule has 0 bridgehead atoms. The summed E-state index contributed by atoms with van der Waals surface area (Å²) in [6.07, 6.45) is 7.18. The molecule has 1 amide bonds. The third kappa shape index (κ3) is 2.95. The predicted octanol–water partition coefficient (Wildman–Crippen LogP) is 2.99. The van der Waals surface area contributed by atoms with Crippen LogP contribution in [0.4, 0.5) is 0 Å². The van der Waals surface area contributed by atoms with Gasteiger partial charge in [-0.2, -0.15) is 0 Å². The first kappa shape index (κ1) is 15.6. The quantitative estimate of drug-likeness (QED) is 0.798. The maximum Gasteiger partial charge on any atom is 0.270 e. The van der Waals surface area contributed by atoms with Gasteiger partial charge in [0.15, 0.2) is 0 Å². The Labute approximate surface area is 145 Å². The van der Waals surface area contributed by atoms with Crippen LogP contribution in [-0.2, 0) is 0 Å². The van der Waals surface area contributed by atoms with Gasteiger partial charge in [0, 0.05) is 48.5 Å². The maximum absolute atomic E-state index is 13.0. The first-order chi connectivity index (χ1) is 12.3. The average molecular weight is 336 g/mol. The van der Waals surface area contributed by atoms with E-state index in [2.05, 4.69) is 15.0 Å². The summed E-state index contributed by atoms with van der Waals surface area (Å²) in [7, 11) is 1.64. The Hall–Kier alpha value is -2.89. The van der Waals surface area contributed by atoms with Crippen LogP contribution in [0.1, 0.15) is 34.9 Å². The van der Waals surface area contributed by atoms with E-state index in [1.807, 2.05) is 29.2 Å². The molecule has 6 nitrogen and oxygen atoms in total. The number of ether oxygens (including phenoxy) is 1. The van der Waals surface area contributed by atoms with Gasteiger partial charge in [0.2, 0.25) is 0 Å². The Bertz CT molecular complexity index is 891. The van der Waals surface area contributed by atoms with Gasteiger partial charge in [-0.25, -0.2) is 0 Å². The first-order valence-corrected chi connectivity index (χ1v) is 8.47. The van der Waals surface area contributed by atoms with Gasteiger partial charge in [0.1, 0.15) is 11.4 Å². The monoisotopic (exact) mass is 336 g/mol. The Balaban J connectivity index is 1.58. The largest absolute Gasteiger partial charge is 0.496 e. The zero-order valence-corrected chi connectivity index (χ0v) is 14.1. The van der Waals surface area contributed by atoms with Gasteiger partial charge in [0.05, 0.1) is 12.8 Å². The van der Waals surface area contributed by atoms with Crippen LogP contribution in [0.25, 0.3) is 10.9 Å². The summed E-state index contributed by atoms with van der Waals surface area (Å²) in [5.41, 5.74) is 2.46. The van der Waals surface area contributed by atoms with Crippen molar-refractivity contribution in [1.29, 1.82) is 0 Å². The lowest BCUT2D eigenvalue weighted by molar-refractivity contribution is 0.0701. The van der Waals surface area contributed by atoms with Gasteiger partial charge in [-0.3, -0.25) is 14.8 Å². The van der Waals surface area contributed by atoms with E-state index in [1.165, 1.54) is 0 Å². The van der Waals surface area contributed by atoms with Crippen LogP contribution in [0.3, 0.4) is 0 Å².